The van der Waals surface area contributed by atoms with Crippen molar-refractivity contribution in [2.75, 3.05) is 6.61 Å². The van der Waals surface area contributed by atoms with Crippen LogP contribution in [0.2, 0.25) is 0 Å². The van der Waals surface area contributed by atoms with Gasteiger partial charge in [-0.05, 0) is 57.2 Å². The molecule has 0 spiro atoms. The van der Waals surface area contributed by atoms with Gasteiger partial charge in [-0.3, -0.25) is 14.8 Å². The number of nitrogens with one attached hydrogen (secondary N) is 1. The van der Waals surface area contributed by atoms with Gasteiger partial charge in [-0.1, -0.05) is 17.7 Å². The summed E-state index contributed by atoms with van der Waals surface area (Å²) in [5, 5.41) is 10.7. The Morgan fingerprint density at radius 1 is 1.11 bits per heavy atom. The van der Waals surface area contributed by atoms with Crippen LogP contribution in [0.1, 0.15) is 25.0 Å². The van der Waals surface area contributed by atoms with Gasteiger partial charge in [-0.2, -0.15) is 0 Å². The molecule has 0 bridgehead atoms. The molecule has 2 aromatic carbocycles. The number of rotatable bonds is 5. The number of nitrogens with zero attached hydrogens (tertiary/aromatic N) is 2. The second kappa shape index (κ2) is 7.96. The van der Waals surface area contributed by atoms with Gasteiger partial charge >= 0.3 is 5.69 Å². The molecular weight excluding hydrogens is 358 g/mol. The summed E-state index contributed by atoms with van der Waals surface area (Å²) in [6, 6.07) is 14.0. The van der Waals surface area contributed by atoms with Crippen LogP contribution >= 0.6 is 0 Å². The minimum absolute atomic E-state index is 0.0611. The van der Waals surface area contributed by atoms with Crippen molar-refractivity contribution in [1.82, 2.24) is 9.55 Å². The Kier molecular flexibility index (Phi) is 5.44. The maximum Gasteiger partial charge on any atom is 0.335 e. The van der Waals surface area contributed by atoms with Crippen LogP contribution < -0.4 is 16.0 Å². The highest BCUT2D eigenvalue weighted by atomic mass is 16.5. The van der Waals surface area contributed by atoms with E-state index in [1.807, 2.05) is 26.0 Å². The van der Waals surface area contributed by atoms with Gasteiger partial charge in [0.15, 0.2) is 0 Å². The van der Waals surface area contributed by atoms with Crippen LogP contribution in [0.25, 0.3) is 5.69 Å². The summed E-state index contributed by atoms with van der Waals surface area (Å²) in [6.45, 7) is 5.97. The van der Waals surface area contributed by atoms with Crippen LogP contribution in [0.5, 0.6) is 11.6 Å². The number of aromatic hydroxyl groups is 1. The highest BCUT2D eigenvalue weighted by Crippen LogP contribution is 2.22. The molecule has 1 heterocycles. The summed E-state index contributed by atoms with van der Waals surface area (Å²) >= 11 is 0. The largest absolute Gasteiger partial charge is 0.494 e. The number of H-pyrrole nitrogens is 1. The van der Waals surface area contributed by atoms with E-state index in [-0.39, 0.29) is 11.3 Å². The molecule has 0 saturated carbocycles. The quantitative estimate of drug-likeness (QED) is 0.666. The lowest BCUT2D eigenvalue weighted by Gasteiger charge is -2.11. The highest BCUT2D eigenvalue weighted by molar-refractivity contribution is 6.01. The van der Waals surface area contributed by atoms with Crippen LogP contribution in [-0.4, -0.2) is 27.0 Å². The molecule has 28 heavy (non-hydrogen) atoms. The molecule has 3 aromatic rings. The van der Waals surface area contributed by atoms with E-state index in [0.717, 1.165) is 10.1 Å². The van der Waals surface area contributed by atoms with Crippen molar-refractivity contribution in [3.05, 3.63) is 80.5 Å². The lowest BCUT2D eigenvalue weighted by atomic mass is 10.2. The molecule has 0 aliphatic rings. The maximum absolute atomic E-state index is 12.3. The first-order valence-electron chi connectivity index (χ1n) is 8.84. The lowest BCUT2D eigenvalue weighted by molar-refractivity contribution is 0.340. The van der Waals surface area contributed by atoms with Crippen molar-refractivity contribution in [2.24, 2.45) is 4.99 Å². The predicted molar refractivity (Wildman–Crippen MR) is 109 cm³/mol. The number of aromatic amines is 1. The average molecular weight is 379 g/mol. The molecule has 7 nitrogen and oxygen atoms in total. The third kappa shape index (κ3) is 3.88. The smallest absolute Gasteiger partial charge is 0.335 e. The van der Waals surface area contributed by atoms with Crippen molar-refractivity contribution in [3.63, 3.8) is 0 Å². The SMILES string of the molecule is CCOc1ccc(N=C(C)c2c(O)n(-c3ccc(C)cc3)c(=O)[nH]c2=O)cc1. The summed E-state index contributed by atoms with van der Waals surface area (Å²) in [5.41, 5.74) is 0.848. The number of ether oxygens (including phenoxy) is 1. The summed E-state index contributed by atoms with van der Waals surface area (Å²) < 4.78 is 6.44. The van der Waals surface area contributed by atoms with Crippen molar-refractivity contribution >= 4 is 11.4 Å². The van der Waals surface area contributed by atoms with Crippen molar-refractivity contribution in [2.45, 2.75) is 20.8 Å². The Hall–Kier alpha value is -3.61. The first-order chi connectivity index (χ1) is 13.4. The number of aromatic nitrogens is 2. The van der Waals surface area contributed by atoms with Gasteiger partial charge in [0, 0.05) is 0 Å². The molecule has 0 amide bonds. The van der Waals surface area contributed by atoms with Crippen LogP contribution in [0.3, 0.4) is 0 Å². The summed E-state index contributed by atoms with van der Waals surface area (Å²) in [6.07, 6.45) is 0. The van der Waals surface area contributed by atoms with Crippen LogP contribution in [0.15, 0.2) is 63.1 Å². The third-order valence-corrected chi connectivity index (χ3v) is 4.18. The van der Waals surface area contributed by atoms with Gasteiger partial charge < -0.3 is 9.84 Å². The van der Waals surface area contributed by atoms with Crippen molar-refractivity contribution < 1.29 is 9.84 Å². The van der Waals surface area contributed by atoms with Gasteiger partial charge in [0.25, 0.3) is 5.56 Å². The van der Waals surface area contributed by atoms with E-state index in [0.29, 0.717) is 23.7 Å². The first kappa shape index (κ1) is 19.2. The number of hydrogen-bond donors (Lipinski definition) is 2. The molecule has 144 valence electrons. The van der Waals surface area contributed by atoms with Crippen molar-refractivity contribution in [1.29, 1.82) is 0 Å². The minimum atomic E-state index is -0.719. The standard InChI is InChI=1S/C21H21N3O4/c1-4-28-17-11-7-15(8-12-17)22-14(3)18-19(25)23-21(27)24(20(18)26)16-9-5-13(2)6-10-16/h5-12,26H,4H2,1-3H3,(H,23,25,27). The van der Waals surface area contributed by atoms with E-state index < -0.39 is 17.1 Å². The summed E-state index contributed by atoms with van der Waals surface area (Å²) in [4.78, 5) is 31.3. The second-order valence-electron chi connectivity index (χ2n) is 6.25. The first-order valence-corrected chi connectivity index (χ1v) is 8.84. The van der Waals surface area contributed by atoms with E-state index in [1.165, 1.54) is 0 Å². The molecule has 7 heteroatoms. The number of aryl methyl sites for hydroxylation is 1. The van der Waals surface area contributed by atoms with E-state index >= 15 is 0 Å². The molecule has 0 saturated heterocycles. The predicted octanol–water partition coefficient (Wildman–Crippen LogP) is 3.08. The summed E-state index contributed by atoms with van der Waals surface area (Å²) in [5.74, 6) is 0.262. The fourth-order valence-electron chi connectivity index (χ4n) is 2.82. The van der Waals surface area contributed by atoms with Gasteiger partial charge in [0.2, 0.25) is 5.88 Å². The van der Waals surface area contributed by atoms with Crippen LogP contribution in [0.4, 0.5) is 5.69 Å². The maximum atomic E-state index is 12.3. The topological polar surface area (TPSA) is 96.7 Å². The normalized spacial score (nSPS) is 11.5. The Morgan fingerprint density at radius 2 is 1.75 bits per heavy atom. The zero-order valence-corrected chi connectivity index (χ0v) is 15.9. The Labute approximate surface area is 161 Å². The van der Waals surface area contributed by atoms with E-state index in [4.69, 9.17) is 4.74 Å². The number of aliphatic imine (C=N–C) groups is 1. The molecule has 0 unspecified atom stereocenters. The van der Waals surface area contributed by atoms with Crippen molar-refractivity contribution in [3.8, 4) is 17.3 Å². The lowest BCUT2D eigenvalue weighted by Crippen LogP contribution is -2.32. The van der Waals surface area contributed by atoms with Gasteiger partial charge in [0.1, 0.15) is 11.3 Å². The molecule has 2 N–H and O–H groups in total. The molecule has 1 aromatic heterocycles. The fourth-order valence-corrected chi connectivity index (χ4v) is 2.82. The van der Waals surface area contributed by atoms with Gasteiger partial charge in [0.05, 0.1) is 23.7 Å². The Bertz CT molecular complexity index is 1120. The average Bonchev–Trinajstić information content (AvgIpc) is 2.64. The summed E-state index contributed by atoms with van der Waals surface area (Å²) in [7, 11) is 0. The minimum Gasteiger partial charge on any atom is -0.494 e. The highest BCUT2D eigenvalue weighted by Gasteiger charge is 2.18. The third-order valence-electron chi connectivity index (χ3n) is 4.18. The van der Waals surface area contributed by atoms with E-state index in [1.54, 1.807) is 43.3 Å². The zero-order chi connectivity index (χ0) is 20.3. The monoisotopic (exact) mass is 379 g/mol. The van der Waals surface area contributed by atoms with Crippen LogP contribution in [-0.2, 0) is 0 Å². The molecule has 0 radical (unpaired) electrons. The molecule has 0 atom stereocenters. The molecule has 0 aliphatic carbocycles. The van der Waals surface area contributed by atoms with Gasteiger partial charge in [-0.25, -0.2) is 9.36 Å². The Morgan fingerprint density at radius 3 is 2.36 bits per heavy atom. The molecule has 0 aliphatic heterocycles. The number of benzene rings is 2. The molecule has 3 rings (SSSR count). The fraction of sp³-hybridized carbons (Fsp3) is 0.190. The van der Waals surface area contributed by atoms with Gasteiger partial charge in [-0.15, -0.1) is 0 Å². The zero-order valence-electron chi connectivity index (χ0n) is 15.9. The van der Waals surface area contributed by atoms with E-state index in [9.17, 15) is 14.7 Å². The second-order valence-corrected chi connectivity index (χ2v) is 6.25. The van der Waals surface area contributed by atoms with E-state index in [2.05, 4.69) is 9.98 Å². The number of hydrogen-bond acceptors (Lipinski definition) is 5. The molecular formula is C21H21N3O4. The Balaban J connectivity index is 2.08. The van der Waals surface area contributed by atoms with Crippen LogP contribution in [0, 0.1) is 6.92 Å². The molecule has 0 fully saturated rings.